The topological polar surface area (TPSA) is 79.4 Å². The van der Waals surface area contributed by atoms with Crippen LogP contribution in [-0.2, 0) is 10.0 Å². The number of rotatable bonds is 4. The molecule has 2 aromatic rings. The van der Waals surface area contributed by atoms with Crippen LogP contribution in [0.4, 0.5) is 0 Å². The molecule has 9 heteroatoms. The molecule has 0 atom stereocenters. The van der Waals surface area contributed by atoms with Crippen molar-refractivity contribution in [2.75, 3.05) is 19.3 Å². The lowest BCUT2D eigenvalue weighted by molar-refractivity contribution is 0.0927. The van der Waals surface area contributed by atoms with Gasteiger partial charge in [-0.25, -0.2) is 17.7 Å². The van der Waals surface area contributed by atoms with Crippen molar-refractivity contribution in [3.8, 4) is 10.6 Å². The fourth-order valence-electron chi connectivity index (χ4n) is 2.70. The Kier molecular flexibility index (Phi) is 5.05. The largest absolute Gasteiger partial charge is 0.348 e. The second-order valence-electron chi connectivity index (χ2n) is 5.86. The standard InChI is InChI=1S/C15H19N3O3S3/c1-10-13(23-15(16-10)11-5-8-22-9-11)14(19)17-12-3-6-18(7-4-12)24(2,20)21/h5,8-9,12H,3-4,6-7H2,1-2H3,(H,17,19). The molecule has 3 rings (SSSR count). The van der Waals surface area contributed by atoms with Crippen LogP contribution in [0.15, 0.2) is 16.8 Å². The normalized spacial score (nSPS) is 17.1. The highest BCUT2D eigenvalue weighted by Gasteiger charge is 2.27. The maximum atomic E-state index is 12.5. The number of nitrogens with zero attached hydrogens (tertiary/aromatic N) is 2. The predicted octanol–water partition coefficient (Wildman–Crippen LogP) is 2.33. The van der Waals surface area contributed by atoms with E-state index < -0.39 is 10.0 Å². The molecule has 3 heterocycles. The summed E-state index contributed by atoms with van der Waals surface area (Å²) in [7, 11) is -3.14. The average molecular weight is 386 g/mol. The lowest BCUT2D eigenvalue weighted by Crippen LogP contribution is -2.46. The van der Waals surface area contributed by atoms with E-state index in [9.17, 15) is 13.2 Å². The van der Waals surface area contributed by atoms with Gasteiger partial charge in [0, 0.05) is 30.1 Å². The number of nitrogens with one attached hydrogen (secondary N) is 1. The maximum Gasteiger partial charge on any atom is 0.263 e. The van der Waals surface area contributed by atoms with Crippen LogP contribution in [0.1, 0.15) is 28.2 Å². The zero-order valence-electron chi connectivity index (χ0n) is 13.5. The second-order valence-corrected chi connectivity index (χ2v) is 9.62. The first kappa shape index (κ1) is 17.5. The Bertz CT molecular complexity index is 820. The van der Waals surface area contributed by atoms with Gasteiger partial charge in [0.1, 0.15) is 9.88 Å². The van der Waals surface area contributed by atoms with E-state index in [4.69, 9.17) is 0 Å². The molecule has 1 aliphatic rings. The van der Waals surface area contributed by atoms with E-state index in [2.05, 4.69) is 10.3 Å². The number of hydrogen-bond donors (Lipinski definition) is 1. The van der Waals surface area contributed by atoms with Gasteiger partial charge in [-0.15, -0.1) is 11.3 Å². The van der Waals surface area contributed by atoms with Crippen molar-refractivity contribution < 1.29 is 13.2 Å². The molecule has 0 saturated carbocycles. The van der Waals surface area contributed by atoms with E-state index in [0.717, 1.165) is 16.3 Å². The molecule has 0 aromatic carbocycles. The van der Waals surface area contributed by atoms with E-state index in [1.807, 2.05) is 23.8 Å². The molecule has 0 radical (unpaired) electrons. The van der Waals surface area contributed by atoms with E-state index in [1.54, 1.807) is 11.3 Å². The third kappa shape index (κ3) is 3.85. The molecule has 6 nitrogen and oxygen atoms in total. The Morgan fingerprint density at radius 2 is 2.08 bits per heavy atom. The number of piperidine rings is 1. The molecule has 1 N–H and O–H groups in total. The number of thiophene rings is 1. The second kappa shape index (κ2) is 6.91. The summed E-state index contributed by atoms with van der Waals surface area (Å²) >= 11 is 3.00. The fourth-order valence-corrected chi connectivity index (χ4v) is 5.25. The van der Waals surface area contributed by atoms with E-state index in [0.29, 0.717) is 30.8 Å². The zero-order valence-corrected chi connectivity index (χ0v) is 15.9. The minimum Gasteiger partial charge on any atom is -0.348 e. The lowest BCUT2D eigenvalue weighted by Gasteiger charge is -2.30. The minimum absolute atomic E-state index is 0.00148. The summed E-state index contributed by atoms with van der Waals surface area (Å²) in [6, 6.07) is 1.99. The van der Waals surface area contributed by atoms with Gasteiger partial charge in [0.25, 0.3) is 5.91 Å². The molecule has 1 aliphatic heterocycles. The maximum absolute atomic E-state index is 12.5. The average Bonchev–Trinajstić information content (AvgIpc) is 3.16. The molecule has 0 bridgehead atoms. The zero-order chi connectivity index (χ0) is 17.3. The van der Waals surface area contributed by atoms with Crippen LogP contribution in [-0.4, -0.2) is 49.0 Å². The fraction of sp³-hybridized carbons (Fsp3) is 0.467. The molecule has 1 fully saturated rings. The molecule has 2 aromatic heterocycles. The molecular weight excluding hydrogens is 366 g/mol. The van der Waals surface area contributed by atoms with Crippen molar-refractivity contribution >= 4 is 38.6 Å². The summed E-state index contributed by atoms with van der Waals surface area (Å²) in [5.74, 6) is -0.121. The molecule has 0 spiro atoms. The first-order valence-corrected chi connectivity index (χ1v) is 11.2. The molecule has 0 aliphatic carbocycles. The van der Waals surface area contributed by atoms with Crippen molar-refractivity contribution in [3.63, 3.8) is 0 Å². The highest BCUT2D eigenvalue weighted by atomic mass is 32.2. The quantitative estimate of drug-likeness (QED) is 0.876. The van der Waals surface area contributed by atoms with Crippen molar-refractivity contribution in [1.29, 1.82) is 0 Å². The summed E-state index contributed by atoms with van der Waals surface area (Å²) in [6.07, 6.45) is 2.49. The molecule has 1 amide bonds. The number of carbonyl (C=O) groups is 1. The Balaban J connectivity index is 1.64. The first-order valence-electron chi connectivity index (χ1n) is 7.60. The number of amides is 1. The van der Waals surface area contributed by atoms with Gasteiger partial charge in [-0.05, 0) is 31.2 Å². The number of aromatic nitrogens is 1. The van der Waals surface area contributed by atoms with Gasteiger partial charge in [0.15, 0.2) is 0 Å². The Morgan fingerprint density at radius 3 is 2.67 bits per heavy atom. The molecule has 24 heavy (non-hydrogen) atoms. The summed E-state index contributed by atoms with van der Waals surface area (Å²) < 4.78 is 24.5. The third-order valence-corrected chi connectivity index (χ3v) is 7.22. The van der Waals surface area contributed by atoms with E-state index in [1.165, 1.54) is 21.9 Å². The summed E-state index contributed by atoms with van der Waals surface area (Å²) in [5.41, 5.74) is 1.76. The van der Waals surface area contributed by atoms with Gasteiger partial charge in [-0.3, -0.25) is 4.79 Å². The van der Waals surface area contributed by atoms with Gasteiger partial charge >= 0.3 is 0 Å². The molecular formula is C15H19N3O3S3. The SMILES string of the molecule is Cc1nc(-c2ccsc2)sc1C(=O)NC1CCN(S(C)(=O)=O)CC1. The number of aryl methyl sites for hydroxylation is 1. The smallest absolute Gasteiger partial charge is 0.263 e. The van der Waals surface area contributed by atoms with Gasteiger partial charge in [0.05, 0.1) is 11.9 Å². The van der Waals surface area contributed by atoms with Gasteiger partial charge in [0.2, 0.25) is 10.0 Å². The summed E-state index contributed by atoms with van der Waals surface area (Å²) in [6.45, 7) is 2.74. The van der Waals surface area contributed by atoms with Crippen molar-refractivity contribution in [2.45, 2.75) is 25.8 Å². The Morgan fingerprint density at radius 1 is 1.38 bits per heavy atom. The number of hydrogen-bond acceptors (Lipinski definition) is 6. The number of sulfonamides is 1. The van der Waals surface area contributed by atoms with Crippen molar-refractivity contribution in [2.24, 2.45) is 0 Å². The Hall–Kier alpha value is -1.29. The van der Waals surface area contributed by atoms with E-state index >= 15 is 0 Å². The highest BCUT2D eigenvalue weighted by molar-refractivity contribution is 7.88. The van der Waals surface area contributed by atoms with Crippen LogP contribution in [0.5, 0.6) is 0 Å². The highest BCUT2D eigenvalue weighted by Crippen LogP contribution is 2.29. The van der Waals surface area contributed by atoms with Gasteiger partial charge in [-0.1, -0.05) is 0 Å². The van der Waals surface area contributed by atoms with Crippen LogP contribution < -0.4 is 5.32 Å². The molecule has 1 saturated heterocycles. The first-order chi connectivity index (χ1) is 11.3. The van der Waals surface area contributed by atoms with Crippen molar-refractivity contribution in [3.05, 3.63) is 27.4 Å². The van der Waals surface area contributed by atoms with Crippen LogP contribution in [0, 0.1) is 6.92 Å². The number of thiazole rings is 1. The summed E-state index contributed by atoms with van der Waals surface area (Å²) in [5, 5.41) is 7.87. The summed E-state index contributed by atoms with van der Waals surface area (Å²) in [4.78, 5) is 17.6. The van der Waals surface area contributed by atoms with Crippen LogP contribution in [0.3, 0.4) is 0 Å². The minimum atomic E-state index is -3.14. The van der Waals surface area contributed by atoms with Gasteiger partial charge < -0.3 is 5.32 Å². The monoisotopic (exact) mass is 385 g/mol. The van der Waals surface area contributed by atoms with Crippen LogP contribution in [0.2, 0.25) is 0 Å². The lowest BCUT2D eigenvalue weighted by atomic mass is 10.1. The molecule has 0 unspecified atom stereocenters. The van der Waals surface area contributed by atoms with E-state index in [-0.39, 0.29) is 11.9 Å². The third-order valence-electron chi connectivity index (χ3n) is 4.03. The van der Waals surface area contributed by atoms with Crippen molar-refractivity contribution in [1.82, 2.24) is 14.6 Å². The predicted molar refractivity (Wildman–Crippen MR) is 97.1 cm³/mol. The number of carbonyl (C=O) groups excluding carboxylic acids is 1. The van der Waals surface area contributed by atoms with Crippen LogP contribution >= 0.6 is 22.7 Å². The van der Waals surface area contributed by atoms with Gasteiger partial charge in [-0.2, -0.15) is 11.3 Å². The molecule has 130 valence electrons. The Labute approximate surface area is 149 Å². The van der Waals surface area contributed by atoms with Crippen LogP contribution in [0.25, 0.3) is 10.6 Å².